The van der Waals surface area contributed by atoms with Crippen LogP contribution in [-0.2, 0) is 0 Å². The number of anilines is 1. The molecule has 0 aromatic carbocycles. The van der Waals surface area contributed by atoms with E-state index in [0.717, 1.165) is 18.2 Å². The van der Waals surface area contributed by atoms with Gasteiger partial charge in [-0.05, 0) is 18.8 Å². The number of halogens is 1. The van der Waals surface area contributed by atoms with Crippen LogP contribution in [0.5, 0.6) is 0 Å². The lowest BCUT2D eigenvalue weighted by atomic mass is 9.85. The summed E-state index contributed by atoms with van der Waals surface area (Å²) in [5, 5.41) is 8.02. The number of hydrogen-bond donors (Lipinski definition) is 0. The van der Waals surface area contributed by atoms with Gasteiger partial charge >= 0.3 is 0 Å². The third-order valence-corrected chi connectivity index (χ3v) is 2.99. The van der Waals surface area contributed by atoms with Gasteiger partial charge in [0, 0.05) is 19.7 Å². The lowest BCUT2D eigenvalue weighted by Gasteiger charge is -2.31. The summed E-state index contributed by atoms with van der Waals surface area (Å²) in [5.74, 6) is 0.854. The molecule has 0 N–H and O–H groups in total. The van der Waals surface area contributed by atoms with Crippen LogP contribution < -0.4 is 4.90 Å². The summed E-state index contributed by atoms with van der Waals surface area (Å²) in [4.78, 5) is 2.20. The molecule has 0 amide bonds. The average molecular weight is 212 g/mol. The zero-order chi connectivity index (χ0) is 9.97. The SMILES string of the molecule is CN(CC1CCC1)c1cnnc(Cl)c1. The number of aromatic nitrogens is 2. The van der Waals surface area contributed by atoms with Crippen molar-refractivity contribution in [1.82, 2.24) is 10.2 Å². The highest BCUT2D eigenvalue weighted by molar-refractivity contribution is 6.29. The van der Waals surface area contributed by atoms with E-state index < -0.39 is 0 Å². The fourth-order valence-corrected chi connectivity index (χ4v) is 1.86. The van der Waals surface area contributed by atoms with Crippen LogP contribution in [-0.4, -0.2) is 23.8 Å². The minimum Gasteiger partial charge on any atom is -0.373 e. The number of rotatable bonds is 3. The summed E-state index contributed by atoms with van der Waals surface area (Å²) in [6.07, 6.45) is 5.85. The van der Waals surface area contributed by atoms with Crippen molar-refractivity contribution >= 4 is 17.3 Å². The fraction of sp³-hybridized carbons (Fsp3) is 0.600. The summed E-state index contributed by atoms with van der Waals surface area (Å²) in [7, 11) is 2.08. The first kappa shape index (κ1) is 9.71. The molecule has 0 atom stereocenters. The van der Waals surface area contributed by atoms with Crippen molar-refractivity contribution in [2.75, 3.05) is 18.5 Å². The van der Waals surface area contributed by atoms with E-state index in [1.807, 2.05) is 6.07 Å². The molecule has 0 bridgehead atoms. The lowest BCUT2D eigenvalue weighted by Crippen LogP contribution is -2.29. The van der Waals surface area contributed by atoms with E-state index in [-0.39, 0.29) is 0 Å². The molecule has 3 nitrogen and oxygen atoms in total. The van der Waals surface area contributed by atoms with Crippen LogP contribution in [0.15, 0.2) is 12.3 Å². The molecule has 1 heterocycles. The van der Waals surface area contributed by atoms with Crippen molar-refractivity contribution in [3.8, 4) is 0 Å². The van der Waals surface area contributed by atoms with E-state index in [2.05, 4.69) is 22.1 Å². The first-order chi connectivity index (χ1) is 6.75. The van der Waals surface area contributed by atoms with E-state index in [9.17, 15) is 0 Å². The van der Waals surface area contributed by atoms with Gasteiger partial charge in [-0.2, -0.15) is 5.10 Å². The zero-order valence-electron chi connectivity index (χ0n) is 8.28. The minimum absolute atomic E-state index is 0.461. The van der Waals surface area contributed by atoms with Crippen LogP contribution >= 0.6 is 11.6 Å². The summed E-state index contributed by atoms with van der Waals surface area (Å²) in [6.45, 7) is 1.10. The summed E-state index contributed by atoms with van der Waals surface area (Å²) < 4.78 is 0. The molecule has 0 saturated heterocycles. The fourth-order valence-electron chi connectivity index (χ4n) is 1.71. The Labute approximate surface area is 89.1 Å². The molecule has 1 aromatic heterocycles. The molecule has 4 heteroatoms. The van der Waals surface area contributed by atoms with Crippen LogP contribution in [0.3, 0.4) is 0 Å². The Balaban J connectivity index is 1.98. The Kier molecular flexibility index (Phi) is 2.87. The second-order valence-electron chi connectivity index (χ2n) is 3.91. The molecule has 1 fully saturated rings. The molecule has 0 radical (unpaired) electrons. The Morgan fingerprint density at radius 3 is 2.93 bits per heavy atom. The zero-order valence-corrected chi connectivity index (χ0v) is 9.04. The van der Waals surface area contributed by atoms with Gasteiger partial charge < -0.3 is 4.90 Å². The molecule has 14 heavy (non-hydrogen) atoms. The largest absolute Gasteiger partial charge is 0.373 e. The normalized spacial score (nSPS) is 16.4. The Morgan fingerprint density at radius 2 is 2.36 bits per heavy atom. The molecule has 1 aliphatic carbocycles. The molecule has 2 rings (SSSR count). The van der Waals surface area contributed by atoms with Gasteiger partial charge in [-0.25, -0.2) is 0 Å². The van der Waals surface area contributed by atoms with Gasteiger partial charge in [0.05, 0.1) is 11.9 Å². The molecular formula is C10H14ClN3. The Hall–Kier alpha value is -0.830. The van der Waals surface area contributed by atoms with E-state index in [4.69, 9.17) is 11.6 Å². The highest BCUT2D eigenvalue weighted by Gasteiger charge is 2.19. The van der Waals surface area contributed by atoms with Crippen LogP contribution in [0.1, 0.15) is 19.3 Å². The van der Waals surface area contributed by atoms with Crippen molar-refractivity contribution in [2.24, 2.45) is 5.92 Å². The number of hydrogen-bond acceptors (Lipinski definition) is 3. The van der Waals surface area contributed by atoms with E-state index in [0.29, 0.717) is 5.15 Å². The number of nitrogens with zero attached hydrogens (tertiary/aromatic N) is 3. The lowest BCUT2D eigenvalue weighted by molar-refractivity contribution is 0.321. The summed E-state index contributed by atoms with van der Waals surface area (Å²) >= 11 is 5.77. The van der Waals surface area contributed by atoms with E-state index in [1.54, 1.807) is 6.20 Å². The summed E-state index contributed by atoms with van der Waals surface area (Å²) in [5.41, 5.74) is 1.05. The Bertz CT molecular complexity index is 312. The van der Waals surface area contributed by atoms with Crippen molar-refractivity contribution in [3.05, 3.63) is 17.4 Å². The molecule has 0 spiro atoms. The molecule has 0 unspecified atom stereocenters. The second kappa shape index (κ2) is 4.13. The Morgan fingerprint density at radius 1 is 1.57 bits per heavy atom. The van der Waals surface area contributed by atoms with Crippen molar-refractivity contribution in [2.45, 2.75) is 19.3 Å². The van der Waals surface area contributed by atoms with Gasteiger partial charge in [0.1, 0.15) is 0 Å². The minimum atomic E-state index is 0.461. The quantitative estimate of drug-likeness (QED) is 0.769. The van der Waals surface area contributed by atoms with Crippen molar-refractivity contribution in [3.63, 3.8) is 0 Å². The van der Waals surface area contributed by atoms with Crippen LogP contribution in [0, 0.1) is 5.92 Å². The predicted molar refractivity (Wildman–Crippen MR) is 57.7 cm³/mol. The van der Waals surface area contributed by atoms with Gasteiger partial charge in [0.25, 0.3) is 0 Å². The first-order valence-electron chi connectivity index (χ1n) is 4.95. The maximum Gasteiger partial charge on any atom is 0.153 e. The van der Waals surface area contributed by atoms with E-state index >= 15 is 0 Å². The van der Waals surface area contributed by atoms with Crippen LogP contribution in [0.2, 0.25) is 5.15 Å². The monoisotopic (exact) mass is 211 g/mol. The van der Waals surface area contributed by atoms with Gasteiger partial charge in [-0.15, -0.1) is 5.10 Å². The van der Waals surface area contributed by atoms with Crippen LogP contribution in [0.4, 0.5) is 5.69 Å². The molecule has 0 aliphatic heterocycles. The molecule has 1 aromatic rings. The van der Waals surface area contributed by atoms with Gasteiger partial charge in [0.2, 0.25) is 0 Å². The van der Waals surface area contributed by atoms with Crippen LogP contribution in [0.25, 0.3) is 0 Å². The molecule has 1 saturated carbocycles. The van der Waals surface area contributed by atoms with Crippen molar-refractivity contribution in [1.29, 1.82) is 0 Å². The molecule has 76 valence electrons. The molecule has 1 aliphatic rings. The average Bonchev–Trinajstić information content (AvgIpc) is 2.11. The van der Waals surface area contributed by atoms with E-state index in [1.165, 1.54) is 19.3 Å². The van der Waals surface area contributed by atoms with Gasteiger partial charge in [0.15, 0.2) is 5.15 Å². The first-order valence-corrected chi connectivity index (χ1v) is 5.33. The molecular weight excluding hydrogens is 198 g/mol. The predicted octanol–water partition coefficient (Wildman–Crippen LogP) is 2.37. The van der Waals surface area contributed by atoms with Gasteiger partial charge in [-0.3, -0.25) is 0 Å². The second-order valence-corrected chi connectivity index (χ2v) is 4.30. The maximum atomic E-state index is 5.77. The maximum absolute atomic E-state index is 5.77. The summed E-state index contributed by atoms with van der Waals surface area (Å²) in [6, 6.07) is 1.85. The third kappa shape index (κ3) is 2.15. The standard InChI is InChI=1S/C10H14ClN3/c1-14(7-8-3-2-4-8)9-5-10(11)13-12-6-9/h5-6,8H,2-4,7H2,1H3. The smallest absolute Gasteiger partial charge is 0.153 e. The van der Waals surface area contributed by atoms with Crippen molar-refractivity contribution < 1.29 is 0 Å². The highest BCUT2D eigenvalue weighted by Crippen LogP contribution is 2.28. The van der Waals surface area contributed by atoms with Gasteiger partial charge in [-0.1, -0.05) is 18.0 Å². The highest BCUT2D eigenvalue weighted by atomic mass is 35.5. The third-order valence-electron chi connectivity index (χ3n) is 2.81. The topological polar surface area (TPSA) is 29.0 Å².